The second kappa shape index (κ2) is 6.06. The maximum absolute atomic E-state index is 12.1. The summed E-state index contributed by atoms with van der Waals surface area (Å²) >= 11 is 0. The molecule has 0 radical (unpaired) electrons. The molecule has 0 aliphatic carbocycles. The van der Waals surface area contributed by atoms with Gasteiger partial charge in [-0.15, -0.1) is 0 Å². The van der Waals surface area contributed by atoms with Crippen molar-refractivity contribution in [3.63, 3.8) is 0 Å². The number of piperidine rings is 1. The van der Waals surface area contributed by atoms with E-state index in [0.717, 1.165) is 4.90 Å². The van der Waals surface area contributed by atoms with Crippen LogP contribution in [0.5, 0.6) is 0 Å². The van der Waals surface area contributed by atoms with E-state index in [2.05, 4.69) is 0 Å². The van der Waals surface area contributed by atoms with E-state index in [1.54, 1.807) is 6.92 Å². The van der Waals surface area contributed by atoms with Gasteiger partial charge in [0.2, 0.25) is 5.91 Å². The topological polar surface area (TPSA) is 46.6 Å². The fourth-order valence-corrected chi connectivity index (χ4v) is 1.94. The molecule has 0 aromatic rings. The van der Waals surface area contributed by atoms with Crippen LogP contribution in [-0.4, -0.2) is 42.6 Å². The van der Waals surface area contributed by atoms with Crippen molar-refractivity contribution in [3.8, 4) is 0 Å². The summed E-state index contributed by atoms with van der Waals surface area (Å²) in [5.74, 6) is -1.92. The van der Waals surface area contributed by atoms with Gasteiger partial charge in [-0.2, -0.15) is 13.2 Å². The number of carbonyl (C=O) groups is 2. The van der Waals surface area contributed by atoms with Crippen molar-refractivity contribution in [1.29, 1.82) is 0 Å². The van der Waals surface area contributed by atoms with Gasteiger partial charge < -0.3 is 9.64 Å². The van der Waals surface area contributed by atoms with E-state index < -0.39 is 30.4 Å². The zero-order chi connectivity index (χ0) is 13.8. The number of rotatable bonds is 3. The Morgan fingerprint density at radius 3 is 2.61 bits per heavy atom. The van der Waals surface area contributed by atoms with Crippen molar-refractivity contribution in [2.45, 2.75) is 32.4 Å². The predicted molar refractivity (Wildman–Crippen MR) is 56.6 cm³/mol. The highest BCUT2D eigenvalue weighted by molar-refractivity contribution is 5.79. The van der Waals surface area contributed by atoms with Gasteiger partial charge in [-0.25, -0.2) is 0 Å². The molecule has 1 atom stereocenters. The molecule has 1 unspecified atom stereocenters. The third kappa shape index (κ3) is 4.54. The number of hydrogen-bond acceptors (Lipinski definition) is 3. The molecule has 1 saturated heterocycles. The number of likely N-dealkylation sites (tertiary alicyclic amines) is 1. The molecule has 7 heteroatoms. The summed E-state index contributed by atoms with van der Waals surface area (Å²) in [6.45, 7) is 2.18. The van der Waals surface area contributed by atoms with E-state index in [4.69, 9.17) is 4.74 Å². The van der Waals surface area contributed by atoms with Crippen LogP contribution < -0.4 is 0 Å². The highest BCUT2D eigenvalue weighted by Gasteiger charge is 2.36. The Morgan fingerprint density at radius 2 is 2.06 bits per heavy atom. The molecule has 0 bridgehead atoms. The van der Waals surface area contributed by atoms with E-state index in [9.17, 15) is 22.8 Å². The summed E-state index contributed by atoms with van der Waals surface area (Å²) in [7, 11) is 0. The molecule has 1 heterocycles. The van der Waals surface area contributed by atoms with Gasteiger partial charge in [0.05, 0.1) is 12.5 Å². The van der Waals surface area contributed by atoms with Crippen LogP contribution in [0, 0.1) is 5.92 Å². The number of amides is 1. The van der Waals surface area contributed by atoms with Crippen molar-refractivity contribution in [1.82, 2.24) is 4.90 Å². The lowest BCUT2D eigenvalue weighted by molar-refractivity contribution is -0.163. The van der Waals surface area contributed by atoms with Crippen molar-refractivity contribution in [2.24, 2.45) is 5.92 Å². The van der Waals surface area contributed by atoms with Gasteiger partial charge in [-0.3, -0.25) is 9.59 Å². The van der Waals surface area contributed by atoms with Gasteiger partial charge in [0.25, 0.3) is 0 Å². The highest BCUT2D eigenvalue weighted by atomic mass is 19.4. The molecule has 0 saturated carbocycles. The van der Waals surface area contributed by atoms with Crippen LogP contribution in [-0.2, 0) is 14.3 Å². The quantitative estimate of drug-likeness (QED) is 0.732. The van der Waals surface area contributed by atoms with E-state index in [1.807, 2.05) is 0 Å². The molecule has 1 aliphatic heterocycles. The number of halogens is 3. The van der Waals surface area contributed by atoms with Crippen LogP contribution in [0.4, 0.5) is 13.2 Å². The molecule has 0 aromatic carbocycles. The Kier molecular flexibility index (Phi) is 4.98. The van der Waals surface area contributed by atoms with E-state index >= 15 is 0 Å². The van der Waals surface area contributed by atoms with Gasteiger partial charge in [-0.05, 0) is 19.8 Å². The molecule has 0 spiro atoms. The number of carbonyl (C=O) groups excluding carboxylic acids is 2. The second-order valence-electron chi connectivity index (χ2n) is 4.22. The predicted octanol–water partition coefficient (Wildman–Crippen LogP) is 1.74. The van der Waals surface area contributed by atoms with Crippen LogP contribution in [0.2, 0.25) is 0 Å². The molecule has 1 aliphatic rings. The lowest BCUT2D eigenvalue weighted by atomic mass is 9.98. The van der Waals surface area contributed by atoms with Gasteiger partial charge >= 0.3 is 12.1 Å². The third-order valence-electron chi connectivity index (χ3n) is 2.75. The van der Waals surface area contributed by atoms with E-state index in [1.165, 1.54) is 0 Å². The normalized spacial score (nSPS) is 20.7. The minimum absolute atomic E-state index is 0.0216. The third-order valence-corrected chi connectivity index (χ3v) is 2.75. The summed E-state index contributed by atoms with van der Waals surface area (Å²) in [6.07, 6.45) is -4.90. The minimum Gasteiger partial charge on any atom is -0.466 e. The Morgan fingerprint density at radius 1 is 1.39 bits per heavy atom. The smallest absolute Gasteiger partial charge is 0.397 e. The average Bonchev–Trinajstić information content (AvgIpc) is 2.27. The molecular weight excluding hydrogens is 251 g/mol. The first-order chi connectivity index (χ1) is 8.33. The summed E-state index contributed by atoms with van der Waals surface area (Å²) in [6, 6.07) is 0. The lowest BCUT2D eigenvalue weighted by Crippen LogP contribution is -2.44. The van der Waals surface area contributed by atoms with Gasteiger partial charge in [0.15, 0.2) is 0 Å². The lowest BCUT2D eigenvalue weighted by Gasteiger charge is -2.31. The van der Waals surface area contributed by atoms with E-state index in [0.29, 0.717) is 12.8 Å². The standard InChI is InChI=1S/C11H16F3NO3/c1-2-18-10(17)8-4-3-5-15(7-8)9(16)6-11(12,13)14/h8H,2-7H2,1H3. The monoisotopic (exact) mass is 267 g/mol. The summed E-state index contributed by atoms with van der Waals surface area (Å²) < 4.78 is 41.1. The first-order valence-corrected chi connectivity index (χ1v) is 5.84. The number of ether oxygens (including phenoxy) is 1. The number of esters is 1. The Balaban J connectivity index is 2.53. The minimum atomic E-state index is -4.51. The van der Waals surface area contributed by atoms with E-state index in [-0.39, 0.29) is 19.7 Å². The fourth-order valence-electron chi connectivity index (χ4n) is 1.94. The maximum atomic E-state index is 12.1. The first kappa shape index (κ1) is 14.8. The van der Waals surface area contributed by atoms with Crippen LogP contribution in [0.15, 0.2) is 0 Å². The highest BCUT2D eigenvalue weighted by Crippen LogP contribution is 2.24. The van der Waals surface area contributed by atoms with Crippen molar-refractivity contribution >= 4 is 11.9 Å². The van der Waals surface area contributed by atoms with Crippen molar-refractivity contribution < 1.29 is 27.5 Å². The van der Waals surface area contributed by atoms with Crippen LogP contribution in [0.25, 0.3) is 0 Å². The Hall–Kier alpha value is -1.27. The molecule has 0 N–H and O–H groups in total. The van der Waals surface area contributed by atoms with Gasteiger partial charge in [0, 0.05) is 13.1 Å². The number of hydrogen-bond donors (Lipinski definition) is 0. The molecule has 1 amide bonds. The van der Waals surface area contributed by atoms with Crippen LogP contribution >= 0.6 is 0 Å². The largest absolute Gasteiger partial charge is 0.466 e. The fraction of sp³-hybridized carbons (Fsp3) is 0.818. The SMILES string of the molecule is CCOC(=O)C1CCCN(C(=O)CC(F)(F)F)C1. The summed E-state index contributed by atoms with van der Waals surface area (Å²) in [5, 5.41) is 0. The molecule has 18 heavy (non-hydrogen) atoms. The Labute approximate surface area is 103 Å². The molecule has 4 nitrogen and oxygen atoms in total. The first-order valence-electron chi connectivity index (χ1n) is 5.84. The zero-order valence-electron chi connectivity index (χ0n) is 10.1. The molecular formula is C11H16F3NO3. The summed E-state index contributed by atoms with van der Waals surface area (Å²) in [5.41, 5.74) is 0. The van der Waals surface area contributed by atoms with Crippen molar-refractivity contribution in [3.05, 3.63) is 0 Å². The molecule has 1 rings (SSSR count). The molecule has 1 fully saturated rings. The van der Waals surface area contributed by atoms with Crippen molar-refractivity contribution in [2.75, 3.05) is 19.7 Å². The second-order valence-corrected chi connectivity index (χ2v) is 4.22. The molecule has 104 valence electrons. The van der Waals surface area contributed by atoms with Crippen LogP contribution in [0.3, 0.4) is 0 Å². The van der Waals surface area contributed by atoms with Gasteiger partial charge in [-0.1, -0.05) is 0 Å². The molecule has 0 aromatic heterocycles. The zero-order valence-corrected chi connectivity index (χ0v) is 10.1. The van der Waals surface area contributed by atoms with Crippen LogP contribution in [0.1, 0.15) is 26.2 Å². The summed E-state index contributed by atoms with van der Waals surface area (Å²) in [4.78, 5) is 24.0. The van der Waals surface area contributed by atoms with Gasteiger partial charge in [0.1, 0.15) is 6.42 Å². The average molecular weight is 267 g/mol. The number of alkyl halides is 3. The maximum Gasteiger partial charge on any atom is 0.397 e. The number of nitrogens with zero attached hydrogens (tertiary/aromatic N) is 1. The Bertz CT molecular complexity index is 317.